The Bertz CT molecular complexity index is 1210. The molecule has 4 atom stereocenters. The summed E-state index contributed by atoms with van der Waals surface area (Å²) in [5, 5.41) is 21.7. The van der Waals surface area contributed by atoms with Gasteiger partial charge in [-0.3, -0.25) is 9.69 Å². The van der Waals surface area contributed by atoms with Gasteiger partial charge in [0.2, 0.25) is 6.79 Å². The highest BCUT2D eigenvalue weighted by atomic mass is 19.3. The van der Waals surface area contributed by atoms with Crippen molar-refractivity contribution < 1.29 is 47.5 Å². The van der Waals surface area contributed by atoms with Crippen molar-refractivity contribution in [1.29, 1.82) is 0 Å². The van der Waals surface area contributed by atoms with Crippen molar-refractivity contribution in [3.63, 3.8) is 0 Å². The number of carbonyl (C=O) groups excluding carboxylic acids is 2. The monoisotopic (exact) mass is 579 g/mol. The van der Waals surface area contributed by atoms with E-state index in [0.29, 0.717) is 11.5 Å². The smallest absolute Gasteiger partial charge is 0.339 e. The van der Waals surface area contributed by atoms with Gasteiger partial charge in [-0.15, -0.1) is 0 Å². The van der Waals surface area contributed by atoms with Crippen LogP contribution in [0.2, 0.25) is 0 Å². The molecule has 0 aromatic heterocycles. The molecule has 226 valence electrons. The van der Waals surface area contributed by atoms with Crippen LogP contribution in [0.5, 0.6) is 11.5 Å². The van der Waals surface area contributed by atoms with E-state index in [0.717, 1.165) is 49.1 Å². The van der Waals surface area contributed by atoms with Crippen LogP contribution in [0, 0.1) is 0 Å². The first-order valence-electron chi connectivity index (χ1n) is 14.3. The highest BCUT2D eigenvalue weighted by Gasteiger charge is 2.57. The van der Waals surface area contributed by atoms with Crippen molar-refractivity contribution in [3.05, 3.63) is 34.9 Å². The normalized spacial score (nSPS) is 26.5. The van der Waals surface area contributed by atoms with E-state index in [1.807, 2.05) is 19.1 Å². The summed E-state index contributed by atoms with van der Waals surface area (Å²) < 4.78 is 47.3. The van der Waals surface area contributed by atoms with E-state index in [1.54, 1.807) is 13.8 Å². The average molecular weight is 580 g/mol. The molecule has 0 radical (unpaired) electrons. The van der Waals surface area contributed by atoms with E-state index in [9.17, 15) is 28.6 Å². The zero-order valence-corrected chi connectivity index (χ0v) is 23.8. The number of hydrogen-bond donors (Lipinski definition) is 2. The highest BCUT2D eigenvalue weighted by Crippen LogP contribution is 2.55. The van der Waals surface area contributed by atoms with Crippen molar-refractivity contribution in [2.24, 2.45) is 0 Å². The maximum absolute atomic E-state index is 13.8. The summed E-state index contributed by atoms with van der Waals surface area (Å²) in [7, 11) is 0. The first-order valence-corrected chi connectivity index (χ1v) is 14.3. The van der Waals surface area contributed by atoms with Crippen LogP contribution in [0.3, 0.4) is 0 Å². The van der Waals surface area contributed by atoms with Crippen LogP contribution in [-0.2, 0) is 25.5 Å². The molecule has 41 heavy (non-hydrogen) atoms. The van der Waals surface area contributed by atoms with Crippen LogP contribution in [-0.4, -0.2) is 82.8 Å². The third-order valence-electron chi connectivity index (χ3n) is 8.78. The van der Waals surface area contributed by atoms with Crippen molar-refractivity contribution in [2.45, 2.75) is 101 Å². The lowest BCUT2D eigenvalue weighted by atomic mass is 9.77. The van der Waals surface area contributed by atoms with Crippen LogP contribution in [0.15, 0.2) is 23.8 Å². The predicted molar refractivity (Wildman–Crippen MR) is 143 cm³/mol. The SMILES string of the molecule is CC1=C[C@@]23CCCN2CCc2cc4c(cc2[C@@H]3C1OC(=O)[C@](O)(CCCC(C)(C)O)CC(=O)OCC(F)F)OCO4. The molecule has 1 aliphatic carbocycles. The molecule has 11 heteroatoms. The molecule has 3 aliphatic heterocycles. The molecule has 9 nitrogen and oxygen atoms in total. The summed E-state index contributed by atoms with van der Waals surface area (Å²) >= 11 is 0. The second-order valence-electron chi connectivity index (χ2n) is 12.4. The van der Waals surface area contributed by atoms with Gasteiger partial charge in [0.05, 0.1) is 17.6 Å². The summed E-state index contributed by atoms with van der Waals surface area (Å²) in [5.41, 5.74) is -0.874. The Kier molecular flexibility index (Phi) is 8.08. The Morgan fingerprint density at radius 2 is 1.90 bits per heavy atom. The van der Waals surface area contributed by atoms with Crippen molar-refractivity contribution >= 4 is 11.9 Å². The minimum atomic E-state index is -2.88. The maximum Gasteiger partial charge on any atom is 0.339 e. The molecule has 3 heterocycles. The van der Waals surface area contributed by atoms with E-state index in [2.05, 4.69) is 15.7 Å². The molecule has 4 aliphatic rings. The van der Waals surface area contributed by atoms with Crippen molar-refractivity contribution in [2.75, 3.05) is 26.5 Å². The fourth-order valence-electron chi connectivity index (χ4n) is 6.95. The van der Waals surface area contributed by atoms with Gasteiger partial charge in [-0.2, -0.15) is 0 Å². The minimum absolute atomic E-state index is 0.134. The molecule has 1 fully saturated rings. The third kappa shape index (κ3) is 5.94. The highest BCUT2D eigenvalue weighted by molar-refractivity contribution is 5.86. The van der Waals surface area contributed by atoms with Gasteiger partial charge in [-0.25, -0.2) is 13.6 Å². The van der Waals surface area contributed by atoms with E-state index in [4.69, 9.17) is 14.2 Å². The standard InChI is InChI=1S/C30H39F2NO8/c1-18-14-29-8-5-10-33(29)11-6-19-12-21-22(40-17-39-21)13-20(19)25(29)26(18)41-27(35)30(37,9-4-7-28(2,3)36)15-24(34)38-16-23(31)32/h12-14,23,25-26,36-37H,4-11,15-17H2,1-3H3/t25-,26?,29-,30+/m1/s1. The Balaban J connectivity index is 1.45. The Hall–Kier alpha value is -2.76. The van der Waals surface area contributed by atoms with Gasteiger partial charge >= 0.3 is 11.9 Å². The lowest BCUT2D eigenvalue weighted by Crippen LogP contribution is -2.49. The molecule has 2 N–H and O–H groups in total. The van der Waals surface area contributed by atoms with Gasteiger partial charge in [-0.1, -0.05) is 6.08 Å². The quantitative estimate of drug-likeness (QED) is 0.317. The van der Waals surface area contributed by atoms with Crippen molar-refractivity contribution in [3.8, 4) is 11.5 Å². The molecule has 1 aromatic rings. The second kappa shape index (κ2) is 11.1. The first-order chi connectivity index (χ1) is 19.3. The molecule has 0 bridgehead atoms. The van der Waals surface area contributed by atoms with Gasteiger partial charge in [0.25, 0.3) is 6.43 Å². The van der Waals surface area contributed by atoms with Gasteiger partial charge in [-0.05, 0) is 94.7 Å². The number of carbonyl (C=O) groups is 2. The Morgan fingerprint density at radius 1 is 1.17 bits per heavy atom. The molecule has 1 aromatic carbocycles. The summed E-state index contributed by atoms with van der Waals surface area (Å²) in [4.78, 5) is 28.6. The van der Waals surface area contributed by atoms with Crippen LogP contribution in [0.1, 0.15) is 76.3 Å². The molecule has 0 amide bonds. The summed E-state index contributed by atoms with van der Waals surface area (Å²) in [6.07, 6.45) is 0.563. The van der Waals surface area contributed by atoms with Crippen molar-refractivity contribution in [1.82, 2.24) is 4.90 Å². The maximum atomic E-state index is 13.8. The van der Waals surface area contributed by atoms with Gasteiger partial charge in [0.15, 0.2) is 23.7 Å². The van der Waals surface area contributed by atoms with Crippen LogP contribution >= 0.6 is 0 Å². The minimum Gasteiger partial charge on any atom is -0.460 e. The first kappa shape index (κ1) is 29.7. The number of fused-ring (bicyclic) bond motifs is 3. The number of rotatable bonds is 10. The number of halogens is 2. The van der Waals surface area contributed by atoms with Gasteiger partial charge in [0.1, 0.15) is 6.10 Å². The average Bonchev–Trinajstić information content (AvgIpc) is 3.55. The number of esters is 2. The molecule has 1 unspecified atom stereocenters. The van der Waals surface area contributed by atoms with Crippen LogP contribution in [0.25, 0.3) is 0 Å². The van der Waals surface area contributed by atoms with E-state index >= 15 is 0 Å². The molecular formula is C30H39F2NO8. The third-order valence-corrected chi connectivity index (χ3v) is 8.78. The molecule has 0 saturated carbocycles. The number of alkyl halides is 2. The number of nitrogens with zero attached hydrogens (tertiary/aromatic N) is 1. The number of hydrogen-bond acceptors (Lipinski definition) is 9. The number of benzene rings is 1. The van der Waals surface area contributed by atoms with E-state index in [1.165, 1.54) is 0 Å². The fourth-order valence-corrected chi connectivity index (χ4v) is 6.95. The molecular weight excluding hydrogens is 540 g/mol. The summed E-state index contributed by atoms with van der Waals surface area (Å²) in [6, 6.07) is 3.96. The summed E-state index contributed by atoms with van der Waals surface area (Å²) in [5.74, 6) is -1.12. The number of aliphatic hydroxyl groups is 2. The van der Waals surface area contributed by atoms with E-state index in [-0.39, 0.29) is 37.5 Å². The zero-order chi connectivity index (χ0) is 29.6. The Labute approximate surface area is 238 Å². The van der Waals surface area contributed by atoms with E-state index < -0.39 is 48.7 Å². The zero-order valence-electron chi connectivity index (χ0n) is 23.8. The largest absolute Gasteiger partial charge is 0.460 e. The molecule has 5 rings (SSSR count). The molecule has 1 spiro atoms. The second-order valence-corrected chi connectivity index (χ2v) is 12.4. The lowest BCUT2D eigenvalue weighted by molar-refractivity contribution is -0.178. The lowest BCUT2D eigenvalue weighted by Gasteiger charge is -2.40. The molecule has 1 saturated heterocycles. The van der Waals surface area contributed by atoms with Crippen LogP contribution in [0.4, 0.5) is 8.78 Å². The predicted octanol–water partition coefficient (Wildman–Crippen LogP) is 3.63. The number of ether oxygens (including phenoxy) is 4. The fraction of sp³-hybridized carbons (Fsp3) is 0.667. The van der Waals surface area contributed by atoms with Crippen LogP contribution < -0.4 is 9.47 Å². The van der Waals surface area contributed by atoms with Gasteiger partial charge in [0, 0.05) is 12.5 Å². The topological polar surface area (TPSA) is 115 Å². The Morgan fingerprint density at radius 3 is 2.61 bits per heavy atom. The van der Waals surface area contributed by atoms with Gasteiger partial charge < -0.3 is 29.2 Å². The summed E-state index contributed by atoms with van der Waals surface area (Å²) in [6.45, 7) is 5.81.